The lowest BCUT2D eigenvalue weighted by molar-refractivity contribution is -0.138. The lowest BCUT2D eigenvalue weighted by Crippen LogP contribution is -2.71. The molecule has 5 rings (SSSR count). The maximum absolute atomic E-state index is 14.8. The normalized spacial score (nSPS) is 26.4. The molecule has 36 heavy (non-hydrogen) atoms. The van der Waals surface area contributed by atoms with Crippen molar-refractivity contribution in [2.75, 3.05) is 11.9 Å². The van der Waals surface area contributed by atoms with Crippen LogP contribution in [0.4, 0.5) is 23.2 Å². The van der Waals surface area contributed by atoms with E-state index >= 15 is 0 Å². The van der Waals surface area contributed by atoms with E-state index in [1.165, 1.54) is 36.3 Å². The average molecular weight is 515 g/mol. The molecule has 2 fully saturated rings. The van der Waals surface area contributed by atoms with Gasteiger partial charge >= 0.3 is 6.18 Å². The SMILES string of the molecule is CNC(=O)c1ccc(N2C(=S)NC(=O)C23CC2(c4cnc(C#N)c(C(F)(F)F)c4)C=CCC23)cc1F. The smallest absolute Gasteiger partial charge is 0.355 e. The van der Waals surface area contributed by atoms with Crippen LogP contribution in [0.5, 0.6) is 0 Å². The summed E-state index contributed by atoms with van der Waals surface area (Å²) in [5.74, 6) is -2.41. The molecule has 1 aliphatic heterocycles. The number of alkyl halides is 3. The van der Waals surface area contributed by atoms with E-state index in [-0.39, 0.29) is 28.3 Å². The Labute approximate surface area is 207 Å². The number of nitrogens with zero attached hydrogens (tertiary/aromatic N) is 3. The van der Waals surface area contributed by atoms with Gasteiger partial charge in [-0.3, -0.25) is 9.59 Å². The first-order valence-electron chi connectivity index (χ1n) is 10.8. The zero-order valence-electron chi connectivity index (χ0n) is 18.6. The third kappa shape index (κ3) is 3.08. The number of benzene rings is 1. The number of pyridine rings is 1. The number of hydrogen-bond acceptors (Lipinski definition) is 5. The van der Waals surface area contributed by atoms with Crippen molar-refractivity contribution in [2.45, 2.75) is 30.0 Å². The second-order valence-electron chi connectivity index (χ2n) is 8.90. The van der Waals surface area contributed by atoms with Crippen LogP contribution < -0.4 is 15.5 Å². The Bertz CT molecular complexity index is 1420. The summed E-state index contributed by atoms with van der Waals surface area (Å²) in [6, 6.07) is 6.23. The summed E-state index contributed by atoms with van der Waals surface area (Å²) in [5, 5.41) is 14.1. The Morgan fingerprint density at radius 1 is 1.36 bits per heavy atom. The van der Waals surface area contributed by atoms with Crippen molar-refractivity contribution in [3.05, 3.63) is 70.8 Å². The highest BCUT2D eigenvalue weighted by Crippen LogP contribution is 2.64. The van der Waals surface area contributed by atoms with E-state index in [2.05, 4.69) is 15.6 Å². The Balaban J connectivity index is 1.59. The van der Waals surface area contributed by atoms with Gasteiger partial charge in [-0.2, -0.15) is 18.4 Å². The van der Waals surface area contributed by atoms with E-state index < -0.39 is 51.9 Å². The summed E-state index contributed by atoms with van der Waals surface area (Å²) < 4.78 is 55.7. The lowest BCUT2D eigenvalue weighted by atomic mass is 9.48. The standard InChI is InChI=1S/C24H17F4N5O2S/c1-30-19(34)14-5-4-13(8-16(14)25)33-21(36)32-20(35)23(33)11-22(6-2-3-18(22)23)12-7-15(24(26,27)28)17(9-29)31-10-12/h2,4-8,10,18H,3,11H2,1H3,(H,30,34)(H,32,35,36). The molecule has 0 bridgehead atoms. The van der Waals surface area contributed by atoms with Crippen LogP contribution >= 0.6 is 12.2 Å². The van der Waals surface area contributed by atoms with Gasteiger partial charge in [-0.15, -0.1) is 0 Å². The van der Waals surface area contributed by atoms with Crippen LogP contribution in [-0.2, 0) is 16.4 Å². The molecular weight excluding hydrogens is 498 g/mol. The molecule has 1 aromatic carbocycles. The van der Waals surface area contributed by atoms with Gasteiger partial charge in [0.2, 0.25) is 0 Å². The summed E-state index contributed by atoms with van der Waals surface area (Å²) in [6.45, 7) is 0. The van der Waals surface area contributed by atoms with Gasteiger partial charge in [-0.05, 0) is 54.9 Å². The third-order valence-corrected chi connectivity index (χ3v) is 7.57. The second kappa shape index (κ2) is 7.83. The van der Waals surface area contributed by atoms with Crippen LogP contribution in [0, 0.1) is 23.1 Å². The van der Waals surface area contributed by atoms with Crippen molar-refractivity contribution in [2.24, 2.45) is 5.92 Å². The molecule has 3 atom stereocenters. The van der Waals surface area contributed by atoms with E-state index in [9.17, 15) is 27.2 Å². The van der Waals surface area contributed by atoms with Crippen molar-refractivity contribution < 1.29 is 27.2 Å². The van der Waals surface area contributed by atoms with Gasteiger partial charge in [-0.25, -0.2) is 9.37 Å². The van der Waals surface area contributed by atoms with Crippen molar-refractivity contribution >= 4 is 34.8 Å². The van der Waals surface area contributed by atoms with Crippen molar-refractivity contribution in [1.29, 1.82) is 5.26 Å². The van der Waals surface area contributed by atoms with Gasteiger partial charge in [-0.1, -0.05) is 12.2 Å². The molecule has 2 aromatic rings. The first-order valence-corrected chi connectivity index (χ1v) is 11.2. The summed E-state index contributed by atoms with van der Waals surface area (Å²) in [4.78, 5) is 30.4. The minimum Gasteiger partial charge on any atom is -0.355 e. The molecule has 12 heteroatoms. The first-order chi connectivity index (χ1) is 17.0. The van der Waals surface area contributed by atoms with Gasteiger partial charge in [0.1, 0.15) is 17.4 Å². The highest BCUT2D eigenvalue weighted by atomic mass is 32.1. The Kier molecular flexibility index (Phi) is 5.19. The monoisotopic (exact) mass is 515 g/mol. The number of fused-ring (bicyclic) bond motifs is 2. The fourth-order valence-corrected chi connectivity index (χ4v) is 6.09. The zero-order valence-corrected chi connectivity index (χ0v) is 19.4. The van der Waals surface area contributed by atoms with E-state index in [1.54, 1.807) is 12.2 Å². The maximum Gasteiger partial charge on any atom is 0.419 e. The molecule has 2 N–H and O–H groups in total. The van der Waals surface area contributed by atoms with Crippen LogP contribution in [0.15, 0.2) is 42.6 Å². The van der Waals surface area contributed by atoms with Crippen molar-refractivity contribution in [1.82, 2.24) is 15.6 Å². The fraction of sp³-hybridized carbons (Fsp3) is 0.292. The van der Waals surface area contributed by atoms with Crippen LogP contribution in [-0.4, -0.2) is 34.5 Å². The van der Waals surface area contributed by atoms with Gasteiger partial charge in [0.05, 0.1) is 11.1 Å². The zero-order chi connectivity index (χ0) is 26.0. The molecule has 0 radical (unpaired) electrons. The molecule has 1 spiro atoms. The summed E-state index contributed by atoms with van der Waals surface area (Å²) in [6.07, 6.45) is 0.397. The largest absolute Gasteiger partial charge is 0.419 e. The molecule has 1 saturated carbocycles. The molecular formula is C24H17F4N5O2S. The summed E-state index contributed by atoms with van der Waals surface area (Å²) in [7, 11) is 1.37. The highest BCUT2D eigenvalue weighted by Gasteiger charge is 2.73. The molecule has 184 valence electrons. The number of rotatable bonds is 3. The van der Waals surface area contributed by atoms with E-state index in [1.807, 2.05) is 0 Å². The minimum atomic E-state index is -4.79. The van der Waals surface area contributed by atoms with E-state index in [4.69, 9.17) is 17.5 Å². The Hall–Kier alpha value is -3.85. The Morgan fingerprint density at radius 3 is 2.75 bits per heavy atom. The Morgan fingerprint density at radius 2 is 2.11 bits per heavy atom. The number of amides is 2. The number of thiocarbonyl (C=S) groups is 1. The number of hydrogen-bond donors (Lipinski definition) is 2. The predicted octanol–water partition coefficient (Wildman–Crippen LogP) is 3.35. The average Bonchev–Trinajstić information content (AvgIpc) is 3.31. The van der Waals surface area contributed by atoms with Crippen LogP contribution in [0.25, 0.3) is 0 Å². The first kappa shape index (κ1) is 23.9. The van der Waals surface area contributed by atoms with Crippen LogP contribution in [0.2, 0.25) is 0 Å². The predicted molar refractivity (Wildman–Crippen MR) is 123 cm³/mol. The highest BCUT2D eigenvalue weighted by molar-refractivity contribution is 7.80. The lowest BCUT2D eigenvalue weighted by Gasteiger charge is -2.60. The molecule has 1 aromatic heterocycles. The number of allylic oxidation sites excluding steroid dienone is 2. The van der Waals surface area contributed by atoms with Gasteiger partial charge < -0.3 is 15.5 Å². The summed E-state index contributed by atoms with van der Waals surface area (Å²) in [5.41, 5.74) is -3.85. The fourth-order valence-electron chi connectivity index (χ4n) is 5.73. The number of carbonyl (C=O) groups is 2. The van der Waals surface area contributed by atoms with Gasteiger partial charge in [0, 0.05) is 30.3 Å². The van der Waals surface area contributed by atoms with Crippen LogP contribution in [0.3, 0.4) is 0 Å². The molecule has 2 amide bonds. The molecule has 1 saturated heterocycles. The van der Waals surface area contributed by atoms with Crippen LogP contribution in [0.1, 0.15) is 40.0 Å². The molecule has 3 aliphatic rings. The number of nitrogens with one attached hydrogen (secondary N) is 2. The molecule has 3 unspecified atom stereocenters. The topological polar surface area (TPSA) is 98.1 Å². The number of nitriles is 1. The molecule has 2 heterocycles. The number of carbonyl (C=O) groups excluding carboxylic acids is 2. The third-order valence-electron chi connectivity index (χ3n) is 7.28. The number of aromatic nitrogens is 1. The number of anilines is 1. The van der Waals surface area contributed by atoms with E-state index in [0.717, 1.165) is 12.1 Å². The van der Waals surface area contributed by atoms with Gasteiger partial charge in [0.25, 0.3) is 11.8 Å². The second-order valence-corrected chi connectivity index (χ2v) is 9.29. The molecule has 2 aliphatic carbocycles. The van der Waals surface area contributed by atoms with Crippen molar-refractivity contribution in [3.63, 3.8) is 0 Å². The summed E-state index contributed by atoms with van der Waals surface area (Å²) >= 11 is 5.39. The quantitative estimate of drug-likeness (QED) is 0.370. The van der Waals surface area contributed by atoms with Crippen molar-refractivity contribution in [3.8, 4) is 6.07 Å². The molecule has 7 nitrogen and oxygen atoms in total. The number of halogens is 4. The van der Waals surface area contributed by atoms with Gasteiger partial charge in [0.15, 0.2) is 10.8 Å². The minimum absolute atomic E-state index is 0.0292. The maximum atomic E-state index is 14.8. The van der Waals surface area contributed by atoms with E-state index in [0.29, 0.717) is 6.42 Å².